The van der Waals surface area contributed by atoms with Crippen LogP contribution in [0.3, 0.4) is 0 Å². The number of aliphatic hydroxyl groups excluding tert-OH is 1. The van der Waals surface area contributed by atoms with Gasteiger partial charge in [-0.05, 0) is 42.7 Å². The second kappa shape index (κ2) is 7.83. The molecule has 1 aromatic carbocycles. The smallest absolute Gasteiger partial charge is 0.134 e. The molecule has 3 rings (SSSR count). The van der Waals surface area contributed by atoms with Crippen LogP contribution in [0.2, 0.25) is 5.15 Å². The highest BCUT2D eigenvalue weighted by Gasteiger charge is 2.21. The SMILES string of the molecule is CCc1c(C#N)c(-c2ccc(N)cc2)c(C)n1Cc1cnc(Cl)c(CO)c1. The third kappa shape index (κ3) is 3.55. The first-order chi connectivity index (χ1) is 13.0. The van der Waals surface area contributed by atoms with Crippen molar-refractivity contribution in [3.8, 4) is 17.2 Å². The van der Waals surface area contributed by atoms with Crippen LogP contribution in [0.1, 0.15) is 35.0 Å². The Labute approximate surface area is 163 Å². The van der Waals surface area contributed by atoms with Crippen LogP contribution in [0.25, 0.3) is 11.1 Å². The standard InChI is InChI=1S/C21H21ClN4O/c1-3-19-18(9-23)20(15-4-6-17(24)7-5-15)13(2)26(19)11-14-8-16(12-27)21(22)25-10-14/h4-8,10,27H,3,11-12,24H2,1-2H3. The van der Waals surface area contributed by atoms with Crippen LogP contribution < -0.4 is 5.73 Å². The maximum Gasteiger partial charge on any atom is 0.134 e. The van der Waals surface area contributed by atoms with E-state index in [9.17, 15) is 10.4 Å². The van der Waals surface area contributed by atoms with E-state index in [1.807, 2.05) is 44.2 Å². The predicted octanol–water partition coefficient (Wildman–Crippen LogP) is 4.07. The lowest BCUT2D eigenvalue weighted by molar-refractivity contribution is 0.281. The molecule has 3 aromatic rings. The maximum atomic E-state index is 9.82. The van der Waals surface area contributed by atoms with Gasteiger partial charge >= 0.3 is 0 Å². The lowest BCUT2D eigenvalue weighted by Crippen LogP contribution is -2.07. The van der Waals surface area contributed by atoms with Gasteiger partial charge in [0.1, 0.15) is 11.2 Å². The highest BCUT2D eigenvalue weighted by Crippen LogP contribution is 2.33. The maximum absolute atomic E-state index is 9.82. The van der Waals surface area contributed by atoms with Crippen molar-refractivity contribution in [3.05, 3.63) is 69.8 Å². The first-order valence-corrected chi connectivity index (χ1v) is 9.10. The minimum absolute atomic E-state index is 0.162. The lowest BCUT2D eigenvalue weighted by atomic mass is 10.0. The van der Waals surface area contributed by atoms with Crippen LogP contribution in [-0.2, 0) is 19.6 Å². The van der Waals surface area contributed by atoms with Gasteiger partial charge < -0.3 is 15.4 Å². The van der Waals surface area contributed by atoms with Crippen LogP contribution in [0.5, 0.6) is 0 Å². The number of pyridine rings is 1. The van der Waals surface area contributed by atoms with Gasteiger partial charge in [-0.25, -0.2) is 4.98 Å². The summed E-state index contributed by atoms with van der Waals surface area (Å²) in [6.45, 7) is 4.45. The fourth-order valence-electron chi connectivity index (χ4n) is 3.43. The largest absolute Gasteiger partial charge is 0.399 e. The Morgan fingerprint density at radius 3 is 2.59 bits per heavy atom. The molecule has 0 fully saturated rings. The number of halogens is 1. The topological polar surface area (TPSA) is 87.9 Å². The van der Waals surface area contributed by atoms with Gasteiger partial charge in [-0.1, -0.05) is 30.7 Å². The van der Waals surface area contributed by atoms with Gasteiger partial charge in [0.25, 0.3) is 0 Å². The van der Waals surface area contributed by atoms with Crippen molar-refractivity contribution >= 4 is 17.3 Å². The van der Waals surface area contributed by atoms with Crippen LogP contribution in [-0.4, -0.2) is 14.7 Å². The normalized spacial score (nSPS) is 10.8. The van der Waals surface area contributed by atoms with Gasteiger partial charge in [-0.2, -0.15) is 5.26 Å². The molecular formula is C21H21ClN4O. The van der Waals surface area contributed by atoms with Crippen molar-refractivity contribution in [2.45, 2.75) is 33.4 Å². The Morgan fingerprint density at radius 1 is 1.30 bits per heavy atom. The van der Waals surface area contributed by atoms with Crippen molar-refractivity contribution in [3.63, 3.8) is 0 Å². The molecule has 3 N–H and O–H groups in total. The fraction of sp³-hybridized carbons (Fsp3) is 0.238. The molecule has 27 heavy (non-hydrogen) atoms. The Morgan fingerprint density at radius 2 is 2.00 bits per heavy atom. The first kappa shape index (κ1) is 19.0. The summed E-state index contributed by atoms with van der Waals surface area (Å²) in [5, 5.41) is 19.6. The lowest BCUT2D eigenvalue weighted by Gasteiger charge is -2.12. The van der Waals surface area contributed by atoms with Crippen molar-refractivity contribution in [1.82, 2.24) is 9.55 Å². The summed E-state index contributed by atoms with van der Waals surface area (Å²) in [5.74, 6) is 0. The zero-order valence-corrected chi connectivity index (χ0v) is 16.1. The van der Waals surface area contributed by atoms with E-state index < -0.39 is 0 Å². The van der Waals surface area contributed by atoms with E-state index in [-0.39, 0.29) is 6.61 Å². The number of nitriles is 1. The molecule has 2 aromatic heterocycles. The quantitative estimate of drug-likeness (QED) is 0.516. The van der Waals surface area contributed by atoms with Crippen LogP contribution >= 0.6 is 11.6 Å². The van der Waals surface area contributed by atoms with E-state index in [4.69, 9.17) is 17.3 Å². The summed E-state index contributed by atoms with van der Waals surface area (Å²) in [7, 11) is 0. The average molecular weight is 381 g/mol. The van der Waals surface area contributed by atoms with Gasteiger partial charge in [0.15, 0.2) is 0 Å². The Hall–Kier alpha value is -2.81. The number of rotatable bonds is 5. The number of nitrogen functional groups attached to an aromatic ring is 1. The van der Waals surface area contributed by atoms with Crippen molar-refractivity contribution in [2.75, 3.05) is 5.73 Å². The van der Waals surface area contributed by atoms with E-state index in [0.717, 1.165) is 34.5 Å². The van der Waals surface area contributed by atoms with E-state index >= 15 is 0 Å². The number of nitrogens with two attached hydrogens (primary N) is 1. The Kier molecular flexibility index (Phi) is 5.50. The summed E-state index contributed by atoms with van der Waals surface area (Å²) < 4.78 is 2.14. The molecule has 0 amide bonds. The van der Waals surface area contributed by atoms with E-state index in [0.29, 0.717) is 28.5 Å². The third-order valence-corrected chi connectivity index (χ3v) is 5.10. The van der Waals surface area contributed by atoms with Gasteiger partial charge in [0, 0.05) is 40.9 Å². The van der Waals surface area contributed by atoms with Gasteiger partial charge in [0.05, 0.1) is 12.2 Å². The number of anilines is 1. The molecule has 0 saturated heterocycles. The third-order valence-electron chi connectivity index (χ3n) is 4.76. The minimum Gasteiger partial charge on any atom is -0.399 e. The predicted molar refractivity (Wildman–Crippen MR) is 107 cm³/mol. The van der Waals surface area contributed by atoms with Crippen LogP contribution in [0.4, 0.5) is 5.69 Å². The summed E-state index contributed by atoms with van der Waals surface area (Å²) in [6, 6.07) is 11.8. The molecule has 0 aliphatic heterocycles. The number of aliphatic hydroxyl groups is 1. The minimum atomic E-state index is -0.162. The van der Waals surface area contributed by atoms with Crippen molar-refractivity contribution in [2.24, 2.45) is 0 Å². The zero-order valence-electron chi connectivity index (χ0n) is 15.3. The zero-order chi connectivity index (χ0) is 19.6. The molecule has 0 atom stereocenters. The number of hydrogen-bond acceptors (Lipinski definition) is 4. The molecule has 2 heterocycles. The number of hydrogen-bond donors (Lipinski definition) is 2. The van der Waals surface area contributed by atoms with Crippen LogP contribution in [0.15, 0.2) is 36.5 Å². The van der Waals surface area contributed by atoms with E-state index in [1.165, 1.54) is 0 Å². The molecular weight excluding hydrogens is 360 g/mol. The summed E-state index contributed by atoms with van der Waals surface area (Å²) in [6.07, 6.45) is 2.43. The van der Waals surface area contributed by atoms with E-state index in [2.05, 4.69) is 15.6 Å². The highest BCUT2D eigenvalue weighted by molar-refractivity contribution is 6.30. The fourth-order valence-corrected chi connectivity index (χ4v) is 3.59. The van der Waals surface area contributed by atoms with Crippen molar-refractivity contribution < 1.29 is 5.11 Å². The number of nitrogens with zero attached hydrogens (tertiary/aromatic N) is 3. The molecule has 0 saturated carbocycles. The van der Waals surface area contributed by atoms with Gasteiger partial charge in [0.2, 0.25) is 0 Å². The molecule has 0 radical (unpaired) electrons. The molecule has 0 unspecified atom stereocenters. The van der Waals surface area contributed by atoms with Crippen LogP contribution in [0, 0.1) is 18.3 Å². The summed E-state index contributed by atoms with van der Waals surface area (Å²) in [4.78, 5) is 4.16. The van der Waals surface area contributed by atoms with Gasteiger partial charge in [-0.15, -0.1) is 0 Å². The molecule has 6 heteroatoms. The Bertz CT molecular complexity index is 1020. The monoisotopic (exact) mass is 380 g/mol. The molecule has 0 spiro atoms. The highest BCUT2D eigenvalue weighted by atomic mass is 35.5. The molecule has 0 aliphatic rings. The first-order valence-electron chi connectivity index (χ1n) is 8.72. The van der Waals surface area contributed by atoms with Gasteiger partial charge in [-0.3, -0.25) is 0 Å². The van der Waals surface area contributed by atoms with E-state index in [1.54, 1.807) is 6.20 Å². The summed E-state index contributed by atoms with van der Waals surface area (Å²) in [5.41, 5.74) is 12.6. The van der Waals surface area contributed by atoms with Crippen molar-refractivity contribution in [1.29, 1.82) is 5.26 Å². The molecule has 5 nitrogen and oxygen atoms in total. The molecule has 138 valence electrons. The second-order valence-electron chi connectivity index (χ2n) is 6.41. The second-order valence-corrected chi connectivity index (χ2v) is 6.77. The molecule has 0 aliphatic carbocycles. The molecule has 0 bridgehead atoms. The number of benzene rings is 1. The average Bonchev–Trinajstić information content (AvgIpc) is 2.95. The summed E-state index contributed by atoms with van der Waals surface area (Å²) >= 11 is 6.00. The Balaban J connectivity index is 2.13. The number of aromatic nitrogens is 2.